The summed E-state index contributed by atoms with van der Waals surface area (Å²) in [5.74, 6) is 1.20. The van der Waals surface area contributed by atoms with E-state index in [4.69, 9.17) is 0 Å². The molecule has 1 nitrogen and oxygen atoms in total. The van der Waals surface area contributed by atoms with Crippen molar-refractivity contribution in [3.63, 3.8) is 0 Å². The van der Waals surface area contributed by atoms with E-state index in [1.54, 1.807) is 0 Å². The van der Waals surface area contributed by atoms with Gasteiger partial charge in [0.2, 0.25) is 0 Å². The summed E-state index contributed by atoms with van der Waals surface area (Å²) in [4.78, 5) is 11.5. The van der Waals surface area contributed by atoms with E-state index in [0.29, 0.717) is 17.6 Å². The Balaban J connectivity index is 2.29. The van der Waals surface area contributed by atoms with E-state index < -0.39 is 0 Å². The zero-order valence-corrected chi connectivity index (χ0v) is 8.05. The Labute approximate surface area is 74.9 Å². The van der Waals surface area contributed by atoms with Crippen LogP contribution in [-0.4, -0.2) is 5.78 Å². The Morgan fingerprint density at radius 3 is 2.75 bits per heavy atom. The van der Waals surface area contributed by atoms with Crippen LogP contribution in [0.2, 0.25) is 0 Å². The molecule has 0 amide bonds. The van der Waals surface area contributed by atoms with Crippen LogP contribution in [0, 0.1) is 11.8 Å². The van der Waals surface area contributed by atoms with E-state index in [1.165, 1.54) is 0 Å². The fourth-order valence-corrected chi connectivity index (χ4v) is 1.89. The fourth-order valence-electron chi connectivity index (χ4n) is 1.89. The van der Waals surface area contributed by atoms with Crippen molar-refractivity contribution in [3.8, 4) is 0 Å². The Hall–Kier alpha value is -0.590. The monoisotopic (exact) mass is 166 g/mol. The molecule has 1 aliphatic carbocycles. The highest BCUT2D eigenvalue weighted by atomic mass is 16.1. The van der Waals surface area contributed by atoms with Crippen molar-refractivity contribution in [2.24, 2.45) is 11.8 Å². The average molecular weight is 166 g/mol. The van der Waals surface area contributed by atoms with Crippen molar-refractivity contribution in [1.29, 1.82) is 0 Å². The third-order valence-electron chi connectivity index (χ3n) is 2.75. The molecule has 2 unspecified atom stereocenters. The Morgan fingerprint density at radius 2 is 2.25 bits per heavy atom. The van der Waals surface area contributed by atoms with Crippen LogP contribution in [0.4, 0.5) is 0 Å². The van der Waals surface area contributed by atoms with Crippen LogP contribution in [-0.2, 0) is 4.79 Å². The summed E-state index contributed by atoms with van der Waals surface area (Å²) in [6, 6.07) is 0. The normalized spacial score (nSPS) is 30.3. The minimum atomic E-state index is 0.334. The van der Waals surface area contributed by atoms with Crippen LogP contribution >= 0.6 is 0 Å². The molecule has 0 spiro atoms. The molecular weight excluding hydrogens is 148 g/mol. The van der Waals surface area contributed by atoms with Crippen LogP contribution in [0.5, 0.6) is 0 Å². The standard InChI is InChI=1S/C11H18O/c1-3-4-5-6-10-8-7-9(2)11(10)12/h3-4,9-10H,5-8H2,1-2H3/b4-3+. The number of ketones is 1. The maximum Gasteiger partial charge on any atom is 0.138 e. The lowest BCUT2D eigenvalue weighted by molar-refractivity contribution is -0.123. The van der Waals surface area contributed by atoms with Gasteiger partial charge in [-0.2, -0.15) is 0 Å². The summed E-state index contributed by atoms with van der Waals surface area (Å²) >= 11 is 0. The first-order chi connectivity index (χ1) is 5.75. The van der Waals surface area contributed by atoms with Crippen LogP contribution in [0.25, 0.3) is 0 Å². The van der Waals surface area contributed by atoms with Crippen molar-refractivity contribution in [3.05, 3.63) is 12.2 Å². The van der Waals surface area contributed by atoms with E-state index in [-0.39, 0.29) is 0 Å². The molecule has 1 saturated carbocycles. The van der Waals surface area contributed by atoms with Gasteiger partial charge in [0.1, 0.15) is 5.78 Å². The lowest BCUT2D eigenvalue weighted by Crippen LogP contribution is -2.11. The number of hydrogen-bond donors (Lipinski definition) is 0. The second-order valence-corrected chi connectivity index (χ2v) is 3.72. The summed E-state index contributed by atoms with van der Waals surface area (Å²) in [5.41, 5.74) is 0. The second kappa shape index (κ2) is 4.44. The first-order valence-electron chi connectivity index (χ1n) is 4.90. The van der Waals surface area contributed by atoms with E-state index in [0.717, 1.165) is 25.7 Å². The van der Waals surface area contributed by atoms with Gasteiger partial charge in [0.15, 0.2) is 0 Å². The molecule has 0 aromatic heterocycles. The Bertz CT molecular complexity index is 181. The third kappa shape index (κ3) is 2.20. The number of rotatable bonds is 3. The molecule has 1 heteroatoms. The highest BCUT2D eigenvalue weighted by molar-refractivity contribution is 5.84. The minimum Gasteiger partial charge on any atom is -0.299 e. The van der Waals surface area contributed by atoms with Crippen LogP contribution in [0.3, 0.4) is 0 Å². The van der Waals surface area contributed by atoms with Gasteiger partial charge in [-0.05, 0) is 32.6 Å². The zero-order valence-electron chi connectivity index (χ0n) is 8.05. The zero-order chi connectivity index (χ0) is 8.97. The Kier molecular flexibility index (Phi) is 3.51. The van der Waals surface area contributed by atoms with Gasteiger partial charge in [0.25, 0.3) is 0 Å². The molecule has 68 valence electrons. The molecule has 0 saturated heterocycles. The highest BCUT2D eigenvalue weighted by Gasteiger charge is 2.29. The first kappa shape index (κ1) is 9.50. The number of hydrogen-bond acceptors (Lipinski definition) is 1. The molecule has 0 radical (unpaired) electrons. The van der Waals surface area contributed by atoms with E-state index in [9.17, 15) is 4.79 Å². The third-order valence-corrected chi connectivity index (χ3v) is 2.75. The van der Waals surface area contributed by atoms with E-state index >= 15 is 0 Å². The van der Waals surface area contributed by atoms with E-state index in [2.05, 4.69) is 19.1 Å². The summed E-state index contributed by atoms with van der Waals surface area (Å²) in [6.45, 7) is 4.08. The molecule has 12 heavy (non-hydrogen) atoms. The quantitative estimate of drug-likeness (QED) is 0.589. The van der Waals surface area contributed by atoms with Crippen molar-refractivity contribution in [1.82, 2.24) is 0 Å². The second-order valence-electron chi connectivity index (χ2n) is 3.72. The maximum atomic E-state index is 11.5. The van der Waals surface area contributed by atoms with Crippen LogP contribution < -0.4 is 0 Å². The van der Waals surface area contributed by atoms with Crippen LogP contribution in [0.1, 0.15) is 39.5 Å². The number of carbonyl (C=O) groups is 1. The SMILES string of the molecule is C/C=C/CCC1CCC(C)C1=O. The van der Waals surface area contributed by atoms with Gasteiger partial charge in [-0.25, -0.2) is 0 Å². The smallest absolute Gasteiger partial charge is 0.138 e. The van der Waals surface area contributed by atoms with Crippen molar-refractivity contribution in [2.75, 3.05) is 0 Å². The van der Waals surface area contributed by atoms with Crippen molar-refractivity contribution in [2.45, 2.75) is 39.5 Å². The van der Waals surface area contributed by atoms with Gasteiger partial charge in [-0.15, -0.1) is 0 Å². The molecule has 1 aliphatic rings. The molecule has 0 aromatic rings. The topological polar surface area (TPSA) is 17.1 Å². The molecule has 0 N–H and O–H groups in total. The summed E-state index contributed by atoms with van der Waals surface area (Å²) in [7, 11) is 0. The molecule has 1 rings (SSSR count). The van der Waals surface area contributed by atoms with Gasteiger partial charge >= 0.3 is 0 Å². The molecule has 0 bridgehead atoms. The van der Waals surface area contributed by atoms with Gasteiger partial charge < -0.3 is 0 Å². The average Bonchev–Trinajstić information content (AvgIpc) is 2.36. The van der Waals surface area contributed by atoms with Gasteiger partial charge in [0.05, 0.1) is 0 Å². The number of Topliss-reactive ketones (excluding diaryl/α,β-unsaturated/α-hetero) is 1. The summed E-state index contributed by atoms with van der Waals surface area (Å²) < 4.78 is 0. The fraction of sp³-hybridized carbons (Fsp3) is 0.727. The van der Waals surface area contributed by atoms with Gasteiger partial charge in [-0.3, -0.25) is 4.79 Å². The molecule has 0 heterocycles. The minimum absolute atomic E-state index is 0.334. The predicted octanol–water partition coefficient (Wildman–Crippen LogP) is 2.96. The molecule has 0 aliphatic heterocycles. The lowest BCUT2D eigenvalue weighted by Gasteiger charge is -2.05. The Morgan fingerprint density at radius 1 is 1.50 bits per heavy atom. The van der Waals surface area contributed by atoms with Crippen LogP contribution in [0.15, 0.2) is 12.2 Å². The maximum absolute atomic E-state index is 11.5. The first-order valence-corrected chi connectivity index (χ1v) is 4.90. The number of carbonyl (C=O) groups excluding carboxylic acids is 1. The molecule has 1 fully saturated rings. The number of allylic oxidation sites excluding steroid dienone is 2. The molecule has 2 atom stereocenters. The summed E-state index contributed by atoms with van der Waals surface area (Å²) in [5, 5.41) is 0. The molecular formula is C11H18O. The lowest BCUT2D eigenvalue weighted by atomic mass is 9.99. The largest absolute Gasteiger partial charge is 0.299 e. The van der Waals surface area contributed by atoms with Crippen molar-refractivity contribution < 1.29 is 4.79 Å². The van der Waals surface area contributed by atoms with Crippen molar-refractivity contribution >= 4 is 5.78 Å². The predicted molar refractivity (Wildman–Crippen MR) is 50.9 cm³/mol. The molecule has 0 aromatic carbocycles. The van der Waals surface area contributed by atoms with Gasteiger partial charge in [-0.1, -0.05) is 19.1 Å². The summed E-state index contributed by atoms with van der Waals surface area (Å²) in [6.07, 6.45) is 8.57. The highest BCUT2D eigenvalue weighted by Crippen LogP contribution is 2.29. The van der Waals surface area contributed by atoms with E-state index in [1.807, 2.05) is 6.92 Å². The van der Waals surface area contributed by atoms with Gasteiger partial charge in [0, 0.05) is 11.8 Å².